The molecule has 7 heteroatoms. The molecule has 0 spiro atoms. The van der Waals surface area contributed by atoms with Gasteiger partial charge >= 0.3 is 15.9 Å². The predicted octanol–water partition coefficient (Wildman–Crippen LogP) is 1.51. The second kappa shape index (κ2) is 4.60. The molecule has 0 bridgehead atoms. The monoisotopic (exact) mass is 250 g/mol. The zero-order chi connectivity index (χ0) is 11.6. The van der Waals surface area contributed by atoms with Crippen LogP contribution < -0.4 is 5.30 Å². The van der Waals surface area contributed by atoms with Gasteiger partial charge in [0.25, 0.3) is 0 Å². The van der Waals surface area contributed by atoms with E-state index in [4.69, 9.17) is 4.89 Å². The zero-order valence-corrected chi connectivity index (χ0v) is 10.2. The van der Waals surface area contributed by atoms with Gasteiger partial charge in [-0.25, -0.2) is 4.31 Å². The van der Waals surface area contributed by atoms with E-state index in [1.165, 1.54) is 6.07 Å². The molecule has 2 unspecified atom stereocenters. The normalized spacial score (nSPS) is 17.1. The van der Waals surface area contributed by atoms with E-state index in [0.717, 1.165) is 5.56 Å². The summed E-state index contributed by atoms with van der Waals surface area (Å²) in [5.74, 6) is 0. The van der Waals surface area contributed by atoms with E-state index >= 15 is 0 Å². The van der Waals surface area contributed by atoms with E-state index < -0.39 is 15.9 Å². The molecule has 2 N–H and O–H groups in total. The van der Waals surface area contributed by atoms with Gasteiger partial charge in [0.05, 0.1) is 5.30 Å². The van der Waals surface area contributed by atoms with Gasteiger partial charge in [-0.3, -0.25) is 9.13 Å². The first-order valence-electron chi connectivity index (χ1n) is 4.16. The van der Waals surface area contributed by atoms with Gasteiger partial charge < -0.3 is 9.79 Å². The Morgan fingerprint density at radius 1 is 1.40 bits per heavy atom. The molecule has 0 aliphatic carbocycles. The van der Waals surface area contributed by atoms with E-state index in [-0.39, 0.29) is 5.30 Å². The van der Waals surface area contributed by atoms with Crippen LogP contribution in [0.1, 0.15) is 11.1 Å². The van der Waals surface area contributed by atoms with Crippen molar-refractivity contribution in [2.24, 2.45) is 0 Å². The van der Waals surface area contributed by atoms with Crippen LogP contribution >= 0.6 is 15.9 Å². The third kappa shape index (κ3) is 3.00. The van der Waals surface area contributed by atoms with Crippen LogP contribution in [-0.4, -0.2) is 9.79 Å². The summed E-state index contributed by atoms with van der Waals surface area (Å²) in [7, 11) is -7.61. The van der Waals surface area contributed by atoms with E-state index in [2.05, 4.69) is 4.31 Å². The lowest BCUT2D eigenvalue weighted by atomic mass is 10.1. The second-order valence-electron chi connectivity index (χ2n) is 3.10. The van der Waals surface area contributed by atoms with E-state index in [1.807, 2.05) is 0 Å². The van der Waals surface area contributed by atoms with Crippen LogP contribution in [0.3, 0.4) is 0 Å². The Hall–Kier alpha value is -0.440. The lowest BCUT2D eigenvalue weighted by Crippen LogP contribution is -2.10. The summed E-state index contributed by atoms with van der Waals surface area (Å²) in [6.45, 7) is 3.44. The van der Waals surface area contributed by atoms with Crippen molar-refractivity contribution in [2.45, 2.75) is 13.8 Å². The summed E-state index contributed by atoms with van der Waals surface area (Å²) in [5, 5.41) is 0.0647. The van der Waals surface area contributed by atoms with Crippen molar-refractivity contribution in [1.82, 2.24) is 0 Å². The van der Waals surface area contributed by atoms with Gasteiger partial charge in [-0.2, -0.15) is 0 Å². The first-order valence-corrected chi connectivity index (χ1v) is 7.01. The maximum Gasteiger partial charge on any atom is 0.366 e. The van der Waals surface area contributed by atoms with Gasteiger partial charge in [-0.15, -0.1) is 0 Å². The van der Waals surface area contributed by atoms with Crippen molar-refractivity contribution in [1.29, 1.82) is 0 Å². The summed E-state index contributed by atoms with van der Waals surface area (Å²) >= 11 is 0. The average molecular weight is 250 g/mol. The molecule has 0 aromatic heterocycles. The largest absolute Gasteiger partial charge is 0.366 e. The first kappa shape index (κ1) is 12.6. The Balaban J connectivity index is 3.21. The molecule has 0 aliphatic rings. The Labute approximate surface area is 88.2 Å². The third-order valence-electron chi connectivity index (χ3n) is 2.08. The molecule has 1 aromatic carbocycles. The van der Waals surface area contributed by atoms with Gasteiger partial charge in [-0.1, -0.05) is 12.1 Å². The topological polar surface area (TPSA) is 83.8 Å². The molecule has 15 heavy (non-hydrogen) atoms. The summed E-state index contributed by atoms with van der Waals surface area (Å²) in [6.07, 6.45) is 0. The van der Waals surface area contributed by atoms with Crippen LogP contribution in [-0.2, 0) is 13.4 Å². The second-order valence-corrected chi connectivity index (χ2v) is 5.88. The van der Waals surface area contributed by atoms with Crippen molar-refractivity contribution in [3.8, 4) is 0 Å². The summed E-state index contributed by atoms with van der Waals surface area (Å²) in [5.41, 5.74) is 1.41. The Kier molecular flexibility index (Phi) is 3.87. The van der Waals surface area contributed by atoms with Crippen LogP contribution in [0.4, 0.5) is 0 Å². The van der Waals surface area contributed by atoms with Gasteiger partial charge in [0.2, 0.25) is 0 Å². The van der Waals surface area contributed by atoms with Crippen LogP contribution in [0.25, 0.3) is 0 Å². The molecule has 84 valence electrons. The quantitative estimate of drug-likeness (QED) is 0.794. The predicted molar refractivity (Wildman–Crippen MR) is 57.7 cm³/mol. The van der Waals surface area contributed by atoms with Gasteiger partial charge in [0, 0.05) is 0 Å². The Bertz CT molecular complexity index is 443. The minimum absolute atomic E-state index is 0.0647. The summed E-state index contributed by atoms with van der Waals surface area (Å²) in [6, 6.07) is 4.78. The highest BCUT2D eigenvalue weighted by Gasteiger charge is 2.27. The zero-order valence-electron chi connectivity index (χ0n) is 8.30. The highest BCUT2D eigenvalue weighted by atomic mass is 31.2. The highest BCUT2D eigenvalue weighted by Crippen LogP contribution is 2.49. The average Bonchev–Trinajstić information content (AvgIpc) is 2.07. The fourth-order valence-electron chi connectivity index (χ4n) is 1.20. The molecule has 0 aliphatic heterocycles. The maximum atomic E-state index is 11.6. The number of aryl methyl sites for hydroxylation is 1. The molecule has 0 radical (unpaired) electrons. The minimum Gasteiger partial charge on any atom is -0.326 e. The van der Waals surface area contributed by atoms with Crippen LogP contribution in [0.5, 0.6) is 0 Å². The molecule has 0 heterocycles. The lowest BCUT2D eigenvalue weighted by molar-refractivity contribution is 0.359. The van der Waals surface area contributed by atoms with Gasteiger partial charge in [0.15, 0.2) is 0 Å². The van der Waals surface area contributed by atoms with Crippen molar-refractivity contribution in [2.75, 3.05) is 0 Å². The molecule has 1 aromatic rings. The number of rotatable bonds is 3. The van der Waals surface area contributed by atoms with Crippen molar-refractivity contribution >= 4 is 21.2 Å². The molecule has 0 saturated heterocycles. The Morgan fingerprint density at radius 2 is 2.00 bits per heavy atom. The number of benzene rings is 1. The minimum atomic E-state index is -4.18. The smallest absolute Gasteiger partial charge is 0.326 e. The van der Waals surface area contributed by atoms with E-state index in [9.17, 15) is 14.0 Å². The molecule has 2 atom stereocenters. The summed E-state index contributed by atoms with van der Waals surface area (Å²) in [4.78, 5) is 18.0. The molecular formula is C8H12O5P2. The number of hydrogen-bond donors (Lipinski definition) is 2. The molecule has 0 saturated carbocycles. The molecule has 5 nitrogen and oxygen atoms in total. The fourth-order valence-corrected chi connectivity index (χ4v) is 3.31. The number of hydrogen-bond acceptors (Lipinski definition) is 3. The highest BCUT2D eigenvalue weighted by molar-refractivity contribution is 7.66. The molecule has 0 amide bonds. The maximum absolute atomic E-state index is 11.6. The standard InChI is InChI=1S/C8H12O5P2/c1-6-4-3-5-8(7(6)2)15(11,12)13-14(9)10/h3-5,14H,1-2H3,(H,9,10)(H,11,12). The summed E-state index contributed by atoms with van der Waals surface area (Å²) < 4.78 is 26.2. The van der Waals surface area contributed by atoms with E-state index in [0.29, 0.717) is 5.56 Å². The van der Waals surface area contributed by atoms with Crippen LogP contribution in [0, 0.1) is 13.8 Å². The molecule has 1 rings (SSSR count). The van der Waals surface area contributed by atoms with Gasteiger partial charge in [0.1, 0.15) is 0 Å². The van der Waals surface area contributed by atoms with E-state index in [1.54, 1.807) is 26.0 Å². The van der Waals surface area contributed by atoms with Gasteiger partial charge in [-0.05, 0) is 31.0 Å². The van der Waals surface area contributed by atoms with Crippen molar-refractivity contribution in [3.05, 3.63) is 29.3 Å². The van der Waals surface area contributed by atoms with Crippen molar-refractivity contribution < 1.29 is 23.2 Å². The van der Waals surface area contributed by atoms with Crippen LogP contribution in [0.15, 0.2) is 18.2 Å². The van der Waals surface area contributed by atoms with Crippen LogP contribution in [0.2, 0.25) is 0 Å². The first-order chi connectivity index (χ1) is 6.84. The third-order valence-corrected chi connectivity index (χ3v) is 4.79. The SMILES string of the molecule is Cc1cccc(P(=O)(O)O[PH](=O)O)c1C. The molecule has 0 fully saturated rings. The van der Waals surface area contributed by atoms with Crippen molar-refractivity contribution in [3.63, 3.8) is 0 Å². The Morgan fingerprint density at radius 3 is 2.53 bits per heavy atom. The fraction of sp³-hybridized carbons (Fsp3) is 0.250. The molecular weight excluding hydrogens is 238 g/mol. The lowest BCUT2D eigenvalue weighted by Gasteiger charge is -2.13.